The molecule has 0 amide bonds. The van der Waals surface area contributed by atoms with Crippen molar-refractivity contribution < 1.29 is 23.9 Å². The lowest BCUT2D eigenvalue weighted by molar-refractivity contribution is -0.384. The van der Waals surface area contributed by atoms with Gasteiger partial charge in [0.15, 0.2) is 4.80 Å². The lowest BCUT2D eigenvalue weighted by atomic mass is 9.95. The van der Waals surface area contributed by atoms with Crippen LogP contribution in [0.4, 0.5) is 5.69 Å². The van der Waals surface area contributed by atoms with Gasteiger partial charge in [-0.25, -0.2) is 9.79 Å². The third-order valence-corrected chi connectivity index (χ3v) is 8.98. The minimum absolute atomic E-state index is 0.0114. The topological polar surface area (TPSA) is 122 Å². The molecule has 10 nitrogen and oxygen atoms in total. The van der Waals surface area contributed by atoms with Crippen LogP contribution >= 0.6 is 43.2 Å². The highest BCUT2D eigenvalue weighted by molar-refractivity contribution is 9.11. The van der Waals surface area contributed by atoms with Crippen LogP contribution < -0.4 is 24.4 Å². The Morgan fingerprint density at radius 3 is 2.54 bits per heavy atom. The van der Waals surface area contributed by atoms with E-state index in [4.69, 9.17) is 14.2 Å². The van der Waals surface area contributed by atoms with Gasteiger partial charge < -0.3 is 14.2 Å². The largest absolute Gasteiger partial charge is 0.491 e. The first-order valence-corrected chi connectivity index (χ1v) is 16.7. The van der Waals surface area contributed by atoms with Crippen molar-refractivity contribution in [2.75, 3.05) is 6.61 Å². The fourth-order valence-electron chi connectivity index (χ4n) is 5.00. The molecule has 46 heavy (non-hydrogen) atoms. The van der Waals surface area contributed by atoms with Gasteiger partial charge in [-0.2, -0.15) is 0 Å². The summed E-state index contributed by atoms with van der Waals surface area (Å²) >= 11 is 8.29. The van der Waals surface area contributed by atoms with Crippen molar-refractivity contribution in [3.05, 3.63) is 127 Å². The molecule has 1 aromatic heterocycles. The Balaban J connectivity index is 1.64. The zero-order valence-corrected chi connectivity index (χ0v) is 29.3. The molecule has 0 fully saturated rings. The van der Waals surface area contributed by atoms with E-state index in [-0.39, 0.29) is 36.1 Å². The van der Waals surface area contributed by atoms with Gasteiger partial charge >= 0.3 is 5.97 Å². The van der Waals surface area contributed by atoms with Crippen LogP contribution in [0, 0.1) is 10.1 Å². The normalized spacial score (nSPS) is 14.6. The average Bonchev–Trinajstić information content (AvgIpc) is 3.30. The minimum Gasteiger partial charge on any atom is -0.491 e. The molecule has 0 saturated carbocycles. The number of fused-ring (bicyclic) bond motifs is 1. The van der Waals surface area contributed by atoms with Gasteiger partial charge in [-0.1, -0.05) is 45.5 Å². The molecule has 0 N–H and O–H groups in total. The highest BCUT2D eigenvalue weighted by Gasteiger charge is 2.35. The zero-order chi connectivity index (χ0) is 33.1. The van der Waals surface area contributed by atoms with Crippen molar-refractivity contribution in [1.82, 2.24) is 4.57 Å². The molecule has 4 aromatic rings. The molecule has 0 bridgehead atoms. The first-order chi connectivity index (χ1) is 22.0. The summed E-state index contributed by atoms with van der Waals surface area (Å²) in [6, 6.07) is 16.3. The van der Waals surface area contributed by atoms with Crippen LogP contribution in [0.3, 0.4) is 0 Å². The Morgan fingerprint density at radius 2 is 1.87 bits per heavy atom. The summed E-state index contributed by atoms with van der Waals surface area (Å²) in [6.07, 6.45) is 1.58. The summed E-state index contributed by atoms with van der Waals surface area (Å²) < 4.78 is 21.0. The molecule has 0 saturated heterocycles. The number of carbonyl (C=O) groups is 1. The quantitative estimate of drug-likeness (QED) is 0.101. The first kappa shape index (κ1) is 33.3. The number of ether oxygens (including phenoxy) is 3. The van der Waals surface area contributed by atoms with E-state index in [1.54, 1.807) is 32.1 Å². The Kier molecular flexibility index (Phi) is 10.2. The second kappa shape index (κ2) is 14.1. The number of thiazole rings is 1. The third-order valence-electron chi connectivity index (χ3n) is 6.95. The van der Waals surface area contributed by atoms with E-state index >= 15 is 0 Å². The molecule has 5 rings (SSSR count). The number of rotatable bonds is 10. The predicted molar refractivity (Wildman–Crippen MR) is 182 cm³/mol. The van der Waals surface area contributed by atoms with Crippen LogP contribution in [0.25, 0.3) is 6.08 Å². The lowest BCUT2D eigenvalue weighted by Crippen LogP contribution is -2.40. The van der Waals surface area contributed by atoms with Crippen molar-refractivity contribution in [3.8, 4) is 11.5 Å². The smallest absolute Gasteiger partial charge is 0.338 e. The number of hydrogen-bond donors (Lipinski definition) is 0. The number of nitro benzene ring substituents is 1. The molecule has 1 atom stereocenters. The Hall–Kier alpha value is -4.07. The summed E-state index contributed by atoms with van der Waals surface area (Å²) in [7, 11) is 0. The highest BCUT2D eigenvalue weighted by Crippen LogP contribution is 2.37. The van der Waals surface area contributed by atoms with Crippen LogP contribution in [0.1, 0.15) is 50.4 Å². The molecule has 238 valence electrons. The summed E-state index contributed by atoms with van der Waals surface area (Å²) in [5, 5.41) is 11.0. The summed E-state index contributed by atoms with van der Waals surface area (Å²) in [5.41, 5.74) is 2.33. The number of allylic oxidation sites excluding steroid dienone is 1. The third kappa shape index (κ3) is 7.01. The second-order valence-electron chi connectivity index (χ2n) is 10.5. The number of halogens is 2. The molecule has 1 aliphatic rings. The van der Waals surface area contributed by atoms with E-state index in [9.17, 15) is 19.7 Å². The molecular formula is C33H29Br2N3O7S. The van der Waals surface area contributed by atoms with Crippen molar-refractivity contribution in [2.24, 2.45) is 4.99 Å². The lowest BCUT2D eigenvalue weighted by Gasteiger charge is -2.26. The number of nitrogens with zero attached hydrogens (tertiary/aromatic N) is 3. The van der Waals surface area contributed by atoms with Gasteiger partial charge in [-0.05, 0) is 85.6 Å². The number of carbonyl (C=O) groups excluding carboxylic acids is 1. The van der Waals surface area contributed by atoms with Gasteiger partial charge in [-0.15, -0.1) is 0 Å². The fraction of sp³-hybridized carbons (Fsp3) is 0.242. The van der Waals surface area contributed by atoms with Crippen LogP contribution in [-0.2, 0) is 16.1 Å². The van der Waals surface area contributed by atoms with Crippen molar-refractivity contribution in [1.29, 1.82) is 0 Å². The van der Waals surface area contributed by atoms with Crippen LogP contribution in [0.5, 0.6) is 11.5 Å². The maximum atomic E-state index is 14.3. The van der Waals surface area contributed by atoms with Gasteiger partial charge in [0.2, 0.25) is 0 Å². The Labute approximate surface area is 285 Å². The molecule has 13 heteroatoms. The van der Waals surface area contributed by atoms with Gasteiger partial charge in [-0.3, -0.25) is 19.5 Å². The number of para-hydroxylation sites is 1. The monoisotopic (exact) mass is 769 g/mol. The summed E-state index contributed by atoms with van der Waals surface area (Å²) in [5.74, 6) is 0.467. The first-order valence-electron chi connectivity index (χ1n) is 14.3. The molecule has 0 radical (unpaired) electrons. The van der Waals surface area contributed by atoms with Crippen LogP contribution in [0.2, 0.25) is 0 Å². The van der Waals surface area contributed by atoms with E-state index in [2.05, 4.69) is 36.9 Å². The maximum absolute atomic E-state index is 14.3. The van der Waals surface area contributed by atoms with E-state index in [1.165, 1.54) is 28.0 Å². The van der Waals surface area contributed by atoms with Crippen molar-refractivity contribution in [2.45, 2.75) is 46.4 Å². The highest BCUT2D eigenvalue weighted by atomic mass is 79.9. The molecule has 1 aliphatic heterocycles. The average molecular weight is 771 g/mol. The van der Waals surface area contributed by atoms with Crippen molar-refractivity contribution >= 4 is 60.9 Å². The van der Waals surface area contributed by atoms with Crippen LogP contribution in [0.15, 0.2) is 90.7 Å². The fourth-order valence-corrected chi connectivity index (χ4v) is 7.41. The standard InChI is InChI=1S/C33H29Br2N3O7S/c1-5-43-32(40)28-19(4)36-33-37(29(28)24-8-6-7-9-26(24)45-18(2)3)31(39)27(46-33)15-21-14-22(34)16-25(35)30(21)44-17-20-10-12-23(13-11-20)38(41)42/h6-16,18,29H,5,17H2,1-4H3/b27-15-/t29-/m1/s1. The number of esters is 1. The molecule has 0 aliphatic carbocycles. The van der Waals surface area contributed by atoms with E-state index < -0.39 is 16.9 Å². The molecule has 0 spiro atoms. The molecule has 0 unspecified atom stereocenters. The van der Waals surface area contributed by atoms with E-state index in [0.717, 1.165) is 10.0 Å². The second-order valence-corrected chi connectivity index (χ2v) is 13.3. The SMILES string of the molecule is CCOC(=O)C1=C(C)N=c2s/c(=C\c3cc(Br)cc(Br)c3OCc3ccc([N+](=O)[O-])cc3)c(=O)n2[C@@H]1c1ccccc1OC(C)C. The number of benzene rings is 3. The van der Waals surface area contributed by atoms with Crippen molar-refractivity contribution in [3.63, 3.8) is 0 Å². The molecular weight excluding hydrogens is 742 g/mol. The summed E-state index contributed by atoms with van der Waals surface area (Å²) in [6.45, 7) is 7.58. The van der Waals surface area contributed by atoms with Gasteiger partial charge in [0.25, 0.3) is 11.2 Å². The predicted octanol–water partition coefficient (Wildman–Crippen LogP) is 6.60. The van der Waals surface area contributed by atoms with Gasteiger partial charge in [0, 0.05) is 27.7 Å². The number of aromatic nitrogens is 1. The number of non-ortho nitro benzene ring substituents is 1. The number of hydrogen-bond acceptors (Lipinski definition) is 9. The minimum atomic E-state index is -0.834. The summed E-state index contributed by atoms with van der Waals surface area (Å²) in [4.78, 5) is 43.3. The number of nitro groups is 1. The van der Waals surface area contributed by atoms with Gasteiger partial charge in [0.05, 0.1) is 37.9 Å². The maximum Gasteiger partial charge on any atom is 0.338 e. The van der Waals surface area contributed by atoms with Crippen LogP contribution in [-0.4, -0.2) is 28.2 Å². The molecule has 2 heterocycles. The Bertz CT molecular complexity index is 2040. The van der Waals surface area contributed by atoms with E-state index in [0.29, 0.717) is 42.1 Å². The zero-order valence-electron chi connectivity index (χ0n) is 25.3. The Morgan fingerprint density at radius 1 is 1.15 bits per heavy atom. The van der Waals surface area contributed by atoms with E-state index in [1.807, 2.05) is 50.2 Å². The molecule has 3 aromatic carbocycles. The van der Waals surface area contributed by atoms with Gasteiger partial charge in [0.1, 0.15) is 24.1 Å².